The van der Waals surface area contributed by atoms with Crippen molar-refractivity contribution in [2.24, 2.45) is 5.73 Å². The van der Waals surface area contributed by atoms with E-state index in [9.17, 15) is 9.59 Å². The number of amides is 1. The third-order valence-electron chi connectivity index (χ3n) is 4.83. The summed E-state index contributed by atoms with van der Waals surface area (Å²) in [6.45, 7) is -0.0633. The lowest BCUT2D eigenvalue weighted by molar-refractivity contribution is -0.120. The van der Waals surface area contributed by atoms with Gasteiger partial charge in [0.25, 0.3) is 0 Å². The Morgan fingerprint density at radius 3 is 2.63 bits per heavy atom. The molecule has 1 aliphatic rings. The van der Waals surface area contributed by atoms with E-state index in [1.165, 1.54) is 0 Å². The van der Waals surface area contributed by atoms with Gasteiger partial charge in [0.1, 0.15) is 5.75 Å². The lowest BCUT2D eigenvalue weighted by Gasteiger charge is -2.17. The number of aryl methyl sites for hydroxylation is 1. The van der Waals surface area contributed by atoms with Gasteiger partial charge in [-0.2, -0.15) is 4.98 Å². The molecule has 3 N–H and O–H groups in total. The SMILES string of the molecule is COc1ccc(C(=O)CNC(=O)CCc2nc(C3(N)CCCC3)no2)cc1. The van der Waals surface area contributed by atoms with Crippen LogP contribution in [0, 0.1) is 0 Å². The summed E-state index contributed by atoms with van der Waals surface area (Å²) in [6.07, 6.45) is 4.29. The molecule has 2 aromatic rings. The molecule has 0 bridgehead atoms. The predicted molar refractivity (Wildman–Crippen MR) is 97.3 cm³/mol. The summed E-state index contributed by atoms with van der Waals surface area (Å²) in [5, 5.41) is 6.58. The maximum Gasteiger partial charge on any atom is 0.227 e. The van der Waals surface area contributed by atoms with E-state index >= 15 is 0 Å². The van der Waals surface area contributed by atoms with Crippen LogP contribution in [0.1, 0.15) is 54.2 Å². The lowest BCUT2D eigenvalue weighted by atomic mass is 9.99. The molecular formula is C19H24N4O4. The zero-order valence-electron chi connectivity index (χ0n) is 15.4. The number of rotatable bonds is 8. The van der Waals surface area contributed by atoms with E-state index in [0.29, 0.717) is 29.4 Å². The lowest BCUT2D eigenvalue weighted by Crippen LogP contribution is -2.34. The molecule has 3 rings (SSSR count). The fraction of sp³-hybridized carbons (Fsp3) is 0.474. The van der Waals surface area contributed by atoms with E-state index in [4.69, 9.17) is 15.0 Å². The summed E-state index contributed by atoms with van der Waals surface area (Å²) in [4.78, 5) is 28.4. The molecule has 1 amide bonds. The van der Waals surface area contributed by atoms with E-state index < -0.39 is 5.54 Å². The number of carbonyl (C=O) groups is 2. The van der Waals surface area contributed by atoms with Crippen molar-refractivity contribution in [3.8, 4) is 5.75 Å². The Morgan fingerprint density at radius 1 is 1.26 bits per heavy atom. The predicted octanol–water partition coefficient (Wildman–Crippen LogP) is 1.74. The zero-order chi connectivity index (χ0) is 19.3. The fourth-order valence-electron chi connectivity index (χ4n) is 3.15. The zero-order valence-corrected chi connectivity index (χ0v) is 15.4. The van der Waals surface area contributed by atoms with Crippen molar-refractivity contribution in [3.05, 3.63) is 41.5 Å². The quantitative estimate of drug-likeness (QED) is 0.677. The topological polar surface area (TPSA) is 120 Å². The molecule has 1 aromatic heterocycles. The molecule has 1 aromatic carbocycles. The monoisotopic (exact) mass is 372 g/mol. The maximum absolute atomic E-state index is 12.1. The van der Waals surface area contributed by atoms with Crippen molar-refractivity contribution < 1.29 is 18.8 Å². The minimum absolute atomic E-state index is 0.0633. The molecule has 8 nitrogen and oxygen atoms in total. The van der Waals surface area contributed by atoms with Crippen LogP contribution >= 0.6 is 0 Å². The van der Waals surface area contributed by atoms with Crippen molar-refractivity contribution >= 4 is 11.7 Å². The second kappa shape index (κ2) is 8.30. The minimum Gasteiger partial charge on any atom is -0.497 e. The van der Waals surface area contributed by atoms with Crippen molar-refractivity contribution in [2.75, 3.05) is 13.7 Å². The van der Waals surface area contributed by atoms with Gasteiger partial charge in [-0.1, -0.05) is 18.0 Å². The van der Waals surface area contributed by atoms with Crippen LogP contribution in [0.4, 0.5) is 0 Å². The van der Waals surface area contributed by atoms with E-state index in [1.54, 1.807) is 31.4 Å². The maximum atomic E-state index is 12.1. The number of methoxy groups -OCH3 is 1. The Morgan fingerprint density at radius 2 is 1.96 bits per heavy atom. The van der Waals surface area contributed by atoms with Crippen LogP contribution in [0.15, 0.2) is 28.8 Å². The molecule has 0 spiro atoms. The number of nitrogens with two attached hydrogens (primary N) is 1. The molecule has 0 atom stereocenters. The van der Waals surface area contributed by atoms with Gasteiger partial charge in [-0.25, -0.2) is 0 Å². The van der Waals surface area contributed by atoms with Crippen LogP contribution in [0.2, 0.25) is 0 Å². The number of benzene rings is 1. The van der Waals surface area contributed by atoms with Gasteiger partial charge in [0.05, 0.1) is 19.2 Å². The first kappa shape index (κ1) is 19.0. The van der Waals surface area contributed by atoms with Gasteiger partial charge in [0.2, 0.25) is 11.8 Å². The average Bonchev–Trinajstić information content (AvgIpc) is 3.34. The Kier molecular flexibility index (Phi) is 5.85. The van der Waals surface area contributed by atoms with Crippen LogP contribution < -0.4 is 15.8 Å². The molecule has 8 heteroatoms. The van der Waals surface area contributed by atoms with Gasteiger partial charge in [0, 0.05) is 18.4 Å². The number of nitrogens with one attached hydrogen (secondary N) is 1. The number of aromatic nitrogens is 2. The van der Waals surface area contributed by atoms with Gasteiger partial charge >= 0.3 is 0 Å². The summed E-state index contributed by atoms with van der Waals surface area (Å²) in [5.74, 6) is 1.16. The first-order valence-corrected chi connectivity index (χ1v) is 9.06. The van der Waals surface area contributed by atoms with Gasteiger partial charge in [-0.05, 0) is 37.1 Å². The number of nitrogens with zero attached hydrogens (tertiary/aromatic N) is 2. The molecule has 1 heterocycles. The van der Waals surface area contributed by atoms with E-state index in [0.717, 1.165) is 25.7 Å². The molecule has 1 saturated carbocycles. The van der Waals surface area contributed by atoms with Crippen LogP contribution in [0.25, 0.3) is 0 Å². The second-order valence-corrected chi connectivity index (χ2v) is 6.80. The Bertz CT molecular complexity index is 794. The van der Waals surface area contributed by atoms with Crippen molar-refractivity contribution in [3.63, 3.8) is 0 Å². The average molecular weight is 372 g/mol. The van der Waals surface area contributed by atoms with Crippen LogP contribution in [0.3, 0.4) is 0 Å². The third-order valence-corrected chi connectivity index (χ3v) is 4.83. The number of hydrogen-bond donors (Lipinski definition) is 2. The van der Waals surface area contributed by atoms with Crippen molar-refractivity contribution in [1.82, 2.24) is 15.5 Å². The van der Waals surface area contributed by atoms with Crippen molar-refractivity contribution in [2.45, 2.75) is 44.1 Å². The molecular weight excluding hydrogens is 348 g/mol. The highest BCUT2D eigenvalue weighted by molar-refractivity contribution is 5.99. The number of carbonyl (C=O) groups excluding carboxylic acids is 2. The number of ketones is 1. The van der Waals surface area contributed by atoms with Crippen LogP contribution in [0.5, 0.6) is 5.75 Å². The fourth-order valence-corrected chi connectivity index (χ4v) is 3.15. The van der Waals surface area contributed by atoms with E-state index in [-0.39, 0.29) is 24.7 Å². The number of hydrogen-bond acceptors (Lipinski definition) is 7. The smallest absolute Gasteiger partial charge is 0.227 e. The molecule has 1 aliphatic carbocycles. The summed E-state index contributed by atoms with van der Waals surface area (Å²) < 4.78 is 10.3. The van der Waals surface area contributed by atoms with Crippen molar-refractivity contribution in [1.29, 1.82) is 0 Å². The Balaban J connectivity index is 1.44. The molecule has 0 radical (unpaired) electrons. The minimum atomic E-state index is -0.505. The van der Waals surface area contributed by atoms with Crippen LogP contribution in [-0.2, 0) is 16.8 Å². The van der Waals surface area contributed by atoms with Crippen LogP contribution in [-0.4, -0.2) is 35.5 Å². The van der Waals surface area contributed by atoms with Gasteiger partial charge in [-0.3, -0.25) is 9.59 Å². The highest BCUT2D eigenvalue weighted by atomic mass is 16.5. The summed E-state index contributed by atoms with van der Waals surface area (Å²) in [7, 11) is 1.56. The molecule has 27 heavy (non-hydrogen) atoms. The van der Waals surface area contributed by atoms with Gasteiger partial charge < -0.3 is 20.3 Å². The molecule has 144 valence electrons. The second-order valence-electron chi connectivity index (χ2n) is 6.80. The molecule has 0 aliphatic heterocycles. The first-order valence-electron chi connectivity index (χ1n) is 9.06. The summed E-state index contributed by atoms with van der Waals surface area (Å²) >= 11 is 0. The summed E-state index contributed by atoms with van der Waals surface area (Å²) in [6, 6.07) is 6.74. The molecule has 1 fully saturated rings. The molecule has 0 unspecified atom stereocenters. The van der Waals surface area contributed by atoms with Gasteiger partial charge in [0.15, 0.2) is 11.6 Å². The largest absolute Gasteiger partial charge is 0.497 e. The standard InChI is InChI=1S/C19H24N4O4/c1-26-14-6-4-13(5-7-14)15(24)12-21-16(25)8-9-17-22-18(23-27-17)19(20)10-2-3-11-19/h4-7H,2-3,8-12,20H2,1H3,(H,21,25). The number of ether oxygens (including phenoxy) is 1. The summed E-state index contributed by atoms with van der Waals surface area (Å²) in [5.41, 5.74) is 6.31. The number of Topliss-reactive ketones (excluding diaryl/α,β-unsaturated/α-hetero) is 1. The normalized spacial score (nSPS) is 15.5. The third kappa shape index (κ3) is 4.71. The molecule has 0 saturated heterocycles. The Hall–Kier alpha value is -2.74. The highest BCUT2D eigenvalue weighted by Gasteiger charge is 2.35. The Labute approximate surface area is 157 Å². The van der Waals surface area contributed by atoms with E-state index in [2.05, 4.69) is 15.5 Å². The highest BCUT2D eigenvalue weighted by Crippen LogP contribution is 2.34. The first-order chi connectivity index (χ1) is 13.0. The van der Waals surface area contributed by atoms with Gasteiger partial charge in [-0.15, -0.1) is 0 Å². The van der Waals surface area contributed by atoms with E-state index in [1.807, 2.05) is 0 Å².